The number of benzene rings is 2. The highest BCUT2D eigenvalue weighted by atomic mass is 19.1. The van der Waals surface area contributed by atoms with Gasteiger partial charge in [0, 0.05) is 31.3 Å². The topological polar surface area (TPSA) is 95.8 Å². The minimum atomic E-state index is -0.368. The molecule has 5 rings (SSSR count). The number of nitrogens with zero attached hydrogens (tertiary/aromatic N) is 4. The molecule has 0 spiro atoms. The fourth-order valence-electron chi connectivity index (χ4n) is 4.73. The minimum Gasteiger partial charge on any atom is -0.494 e. The molecule has 1 atom stereocenters. The molecule has 0 aliphatic carbocycles. The summed E-state index contributed by atoms with van der Waals surface area (Å²) in [5.74, 6) is 0.827. The van der Waals surface area contributed by atoms with Gasteiger partial charge in [-0.15, -0.1) is 0 Å². The van der Waals surface area contributed by atoms with Crippen LogP contribution in [0, 0.1) is 5.82 Å². The van der Waals surface area contributed by atoms with Gasteiger partial charge in [0.1, 0.15) is 22.9 Å². The molecule has 0 bridgehead atoms. The van der Waals surface area contributed by atoms with Crippen LogP contribution in [0.25, 0.3) is 22.2 Å². The van der Waals surface area contributed by atoms with Crippen LogP contribution in [-0.4, -0.2) is 61.3 Å². The molecule has 1 unspecified atom stereocenters. The molecule has 2 aromatic carbocycles. The van der Waals surface area contributed by atoms with Crippen LogP contribution in [-0.2, 0) is 4.79 Å². The molecule has 1 saturated heterocycles. The number of nitrogens with one attached hydrogen (secondary N) is 2. The summed E-state index contributed by atoms with van der Waals surface area (Å²) < 4.78 is 25.1. The normalized spacial score (nSPS) is 15.4. The van der Waals surface area contributed by atoms with Crippen LogP contribution < -0.4 is 20.3 Å². The number of amides is 1. The summed E-state index contributed by atoms with van der Waals surface area (Å²) in [5.41, 5.74) is 3.16. The number of fused-ring (bicyclic) bond motifs is 1. The van der Waals surface area contributed by atoms with Crippen molar-refractivity contribution >= 4 is 39.7 Å². The van der Waals surface area contributed by atoms with E-state index in [1.54, 1.807) is 31.5 Å². The van der Waals surface area contributed by atoms with Crippen LogP contribution in [0.3, 0.4) is 0 Å². The first-order valence-corrected chi connectivity index (χ1v) is 12.2. The maximum Gasteiger partial charge on any atom is 0.247 e. The maximum absolute atomic E-state index is 13.8. The molecule has 10 heteroatoms. The number of carbonyl (C=O) groups excluding carboxylic acids is 1. The van der Waals surface area contributed by atoms with E-state index in [1.807, 2.05) is 19.2 Å². The highest BCUT2D eigenvalue weighted by Gasteiger charge is 2.26. The van der Waals surface area contributed by atoms with Gasteiger partial charge in [-0.05, 0) is 50.4 Å². The van der Waals surface area contributed by atoms with E-state index < -0.39 is 0 Å². The van der Waals surface area contributed by atoms with Crippen molar-refractivity contribution in [2.75, 3.05) is 49.8 Å². The summed E-state index contributed by atoms with van der Waals surface area (Å²) in [6.45, 7) is 5.51. The second-order valence-corrected chi connectivity index (χ2v) is 9.31. The number of likely N-dealkylation sites (tertiary alicyclic amines) is 1. The number of carbonyl (C=O) groups is 1. The fourth-order valence-corrected chi connectivity index (χ4v) is 4.73. The van der Waals surface area contributed by atoms with Crippen molar-refractivity contribution in [1.29, 1.82) is 0 Å². The number of aromatic nitrogens is 2. The predicted molar refractivity (Wildman–Crippen MR) is 147 cm³/mol. The third-order valence-corrected chi connectivity index (χ3v) is 6.77. The maximum atomic E-state index is 13.8. The molecule has 2 N–H and O–H groups in total. The van der Waals surface area contributed by atoms with Crippen molar-refractivity contribution in [3.05, 3.63) is 67.1 Å². The molecule has 3 heterocycles. The number of likely N-dealkylation sites (N-methyl/N-ethyl adjacent to an activating group) is 2. The van der Waals surface area contributed by atoms with Crippen molar-refractivity contribution < 1.29 is 18.4 Å². The van der Waals surface area contributed by atoms with E-state index in [4.69, 9.17) is 9.26 Å². The molecule has 4 aromatic rings. The Morgan fingerprint density at radius 1 is 1.29 bits per heavy atom. The Bertz CT molecular complexity index is 1500. The smallest absolute Gasteiger partial charge is 0.247 e. The second kappa shape index (κ2) is 10.5. The van der Waals surface area contributed by atoms with E-state index in [-0.39, 0.29) is 11.7 Å². The fraction of sp³-hybridized carbons (Fsp3) is 0.250. The van der Waals surface area contributed by atoms with Gasteiger partial charge < -0.3 is 29.7 Å². The van der Waals surface area contributed by atoms with Crippen LogP contribution in [0.15, 0.2) is 65.8 Å². The van der Waals surface area contributed by atoms with E-state index in [1.165, 1.54) is 18.2 Å². The number of halogens is 1. The molecule has 9 nitrogen and oxygen atoms in total. The zero-order valence-electron chi connectivity index (χ0n) is 21.5. The van der Waals surface area contributed by atoms with Crippen molar-refractivity contribution in [3.8, 4) is 17.1 Å². The Labute approximate surface area is 219 Å². The van der Waals surface area contributed by atoms with Crippen LogP contribution in [0.5, 0.6) is 5.75 Å². The monoisotopic (exact) mass is 516 g/mol. The Balaban J connectivity index is 1.52. The molecule has 1 aliphatic heterocycles. The summed E-state index contributed by atoms with van der Waals surface area (Å²) in [4.78, 5) is 21.2. The lowest BCUT2D eigenvalue weighted by atomic mass is 10.1. The Kier molecular flexibility index (Phi) is 6.97. The number of ether oxygens (including phenoxy) is 1. The Morgan fingerprint density at radius 2 is 2.13 bits per heavy atom. The number of anilines is 4. The summed E-state index contributed by atoms with van der Waals surface area (Å²) in [6, 6.07) is 11.9. The van der Waals surface area contributed by atoms with Gasteiger partial charge in [0.2, 0.25) is 5.91 Å². The van der Waals surface area contributed by atoms with Crippen LogP contribution in [0.2, 0.25) is 0 Å². The number of rotatable bonds is 8. The third kappa shape index (κ3) is 5.03. The number of methoxy groups -OCH3 is 1. The van der Waals surface area contributed by atoms with Crippen molar-refractivity contribution in [2.45, 2.75) is 12.5 Å². The summed E-state index contributed by atoms with van der Waals surface area (Å²) in [7, 11) is 5.71. The summed E-state index contributed by atoms with van der Waals surface area (Å²) in [6.07, 6.45) is 3.83. The molecule has 2 aromatic heterocycles. The van der Waals surface area contributed by atoms with Gasteiger partial charge in [-0.25, -0.2) is 9.37 Å². The molecular formula is C28H29FN6O3. The van der Waals surface area contributed by atoms with E-state index in [0.717, 1.165) is 25.2 Å². The minimum absolute atomic E-state index is 0.293. The zero-order valence-corrected chi connectivity index (χ0v) is 21.5. The lowest BCUT2D eigenvalue weighted by Gasteiger charge is -2.29. The van der Waals surface area contributed by atoms with Gasteiger partial charge in [-0.3, -0.25) is 4.79 Å². The van der Waals surface area contributed by atoms with E-state index >= 15 is 0 Å². The highest BCUT2D eigenvalue weighted by Crippen LogP contribution is 2.40. The zero-order chi connectivity index (χ0) is 26.8. The second-order valence-electron chi connectivity index (χ2n) is 9.31. The molecule has 1 fully saturated rings. The first-order chi connectivity index (χ1) is 18.4. The predicted octanol–water partition coefficient (Wildman–Crippen LogP) is 5.05. The SMILES string of the molecule is C=CC(=O)Nc1cc(Nc2cc3c(-c4cccc(F)c4)onc3cn2)c(OC)cc1N(C)C1CCN(C)C1. The van der Waals surface area contributed by atoms with E-state index in [9.17, 15) is 9.18 Å². The van der Waals surface area contributed by atoms with Gasteiger partial charge in [0.05, 0.1) is 35.8 Å². The average molecular weight is 517 g/mol. The summed E-state index contributed by atoms with van der Waals surface area (Å²) in [5, 5.41) is 10.9. The van der Waals surface area contributed by atoms with Gasteiger partial charge in [0.15, 0.2) is 5.76 Å². The van der Waals surface area contributed by atoms with Gasteiger partial charge in [-0.2, -0.15) is 0 Å². The standard InChI is InChI=1S/C28H29FN6O3/c1-5-27(36)32-21-13-22(25(37-4)14-24(21)35(3)19-9-10-34(2)16-19)31-26-12-20-23(15-30-26)33-38-28(20)17-7-6-8-18(29)11-17/h5-8,11-15,19,31H,1,9-10,16H2,2-4H3,(H,32,36). The van der Waals surface area contributed by atoms with E-state index in [2.05, 4.69) is 44.2 Å². The molecule has 1 aliphatic rings. The first kappa shape index (κ1) is 25.2. The quantitative estimate of drug-likeness (QED) is 0.314. The summed E-state index contributed by atoms with van der Waals surface area (Å²) >= 11 is 0. The molecule has 1 amide bonds. The molecular weight excluding hydrogens is 487 g/mol. The number of hydrogen-bond acceptors (Lipinski definition) is 8. The lowest BCUT2D eigenvalue weighted by molar-refractivity contribution is -0.111. The van der Waals surface area contributed by atoms with Crippen LogP contribution in [0.1, 0.15) is 6.42 Å². The molecule has 0 radical (unpaired) electrons. The lowest BCUT2D eigenvalue weighted by Crippen LogP contribution is -2.34. The highest BCUT2D eigenvalue weighted by molar-refractivity contribution is 6.02. The third-order valence-electron chi connectivity index (χ3n) is 6.77. The number of hydrogen-bond donors (Lipinski definition) is 2. The van der Waals surface area contributed by atoms with E-state index in [0.29, 0.717) is 51.2 Å². The van der Waals surface area contributed by atoms with Gasteiger partial charge in [0.25, 0.3) is 0 Å². The Hall–Kier alpha value is -4.44. The van der Waals surface area contributed by atoms with Crippen molar-refractivity contribution in [2.24, 2.45) is 0 Å². The Morgan fingerprint density at radius 3 is 2.84 bits per heavy atom. The van der Waals surface area contributed by atoms with Crippen molar-refractivity contribution in [3.63, 3.8) is 0 Å². The van der Waals surface area contributed by atoms with Crippen molar-refractivity contribution in [1.82, 2.24) is 15.0 Å². The van der Waals surface area contributed by atoms with Gasteiger partial charge in [-0.1, -0.05) is 23.9 Å². The van der Waals surface area contributed by atoms with Gasteiger partial charge >= 0.3 is 0 Å². The average Bonchev–Trinajstić information content (AvgIpc) is 3.54. The first-order valence-electron chi connectivity index (χ1n) is 12.2. The van der Waals surface area contributed by atoms with Crippen LogP contribution >= 0.6 is 0 Å². The molecule has 0 saturated carbocycles. The molecule has 196 valence electrons. The van der Waals surface area contributed by atoms with Crippen LogP contribution in [0.4, 0.5) is 27.3 Å². The molecule has 38 heavy (non-hydrogen) atoms. The largest absolute Gasteiger partial charge is 0.494 e. The number of pyridine rings is 1.